The van der Waals surface area contributed by atoms with Crippen molar-refractivity contribution < 1.29 is 9.59 Å². The van der Waals surface area contributed by atoms with E-state index < -0.39 is 0 Å². The molecule has 1 unspecified atom stereocenters. The zero-order chi connectivity index (χ0) is 13.8. The van der Waals surface area contributed by atoms with E-state index in [-0.39, 0.29) is 17.9 Å². The number of hydrogen-bond donors (Lipinski definition) is 2. The molecule has 0 radical (unpaired) electrons. The van der Waals surface area contributed by atoms with Crippen LogP contribution >= 0.6 is 0 Å². The van der Waals surface area contributed by atoms with E-state index in [2.05, 4.69) is 5.32 Å². The van der Waals surface area contributed by atoms with Gasteiger partial charge in [-0.05, 0) is 24.1 Å². The van der Waals surface area contributed by atoms with Gasteiger partial charge in [0.1, 0.15) is 6.04 Å². The minimum atomic E-state index is -0.338. The van der Waals surface area contributed by atoms with Crippen molar-refractivity contribution in [3.8, 4) is 0 Å². The molecule has 0 aromatic heterocycles. The Hall–Kier alpha value is -2.04. The number of hydrogen-bond acceptors (Lipinski definition) is 3. The zero-order valence-corrected chi connectivity index (χ0v) is 11.1. The SMILES string of the molecule is CCC1C(=O)NCCN1C(=O)Cc1ccc(N)cc1. The number of benzene rings is 1. The van der Waals surface area contributed by atoms with Crippen molar-refractivity contribution in [1.29, 1.82) is 0 Å². The van der Waals surface area contributed by atoms with E-state index in [9.17, 15) is 9.59 Å². The van der Waals surface area contributed by atoms with E-state index in [1.165, 1.54) is 0 Å². The van der Waals surface area contributed by atoms with Gasteiger partial charge >= 0.3 is 0 Å². The van der Waals surface area contributed by atoms with E-state index in [4.69, 9.17) is 5.73 Å². The van der Waals surface area contributed by atoms with Crippen LogP contribution in [0.5, 0.6) is 0 Å². The molecule has 5 heteroatoms. The lowest BCUT2D eigenvalue weighted by molar-refractivity contribution is -0.142. The highest BCUT2D eigenvalue weighted by atomic mass is 16.2. The number of nitrogens with one attached hydrogen (secondary N) is 1. The van der Waals surface area contributed by atoms with Crippen molar-refractivity contribution >= 4 is 17.5 Å². The molecule has 1 heterocycles. The molecule has 1 aliphatic rings. The Morgan fingerprint density at radius 2 is 2.11 bits per heavy atom. The summed E-state index contributed by atoms with van der Waals surface area (Å²) in [6.07, 6.45) is 0.948. The first-order chi connectivity index (χ1) is 9.11. The molecule has 0 spiro atoms. The molecule has 1 fully saturated rings. The first kappa shape index (κ1) is 13.4. The van der Waals surface area contributed by atoms with Crippen molar-refractivity contribution in [3.63, 3.8) is 0 Å². The van der Waals surface area contributed by atoms with Gasteiger partial charge in [0.2, 0.25) is 11.8 Å². The Balaban J connectivity index is 2.06. The molecular weight excluding hydrogens is 242 g/mol. The monoisotopic (exact) mass is 261 g/mol. The molecule has 1 saturated heterocycles. The van der Waals surface area contributed by atoms with Crippen molar-refractivity contribution in [2.24, 2.45) is 0 Å². The van der Waals surface area contributed by atoms with E-state index in [1.54, 1.807) is 17.0 Å². The third-order valence-corrected chi connectivity index (χ3v) is 3.37. The van der Waals surface area contributed by atoms with Crippen LogP contribution in [0.1, 0.15) is 18.9 Å². The molecule has 3 N–H and O–H groups in total. The molecule has 0 aliphatic carbocycles. The standard InChI is InChI=1S/C14H19N3O2/c1-2-12-14(19)16-7-8-17(12)13(18)9-10-3-5-11(15)6-4-10/h3-6,12H,2,7-9,15H2,1H3,(H,16,19). The van der Waals surface area contributed by atoms with E-state index in [1.807, 2.05) is 19.1 Å². The third kappa shape index (κ3) is 3.05. The Morgan fingerprint density at radius 1 is 1.42 bits per heavy atom. The summed E-state index contributed by atoms with van der Waals surface area (Å²) in [5.41, 5.74) is 7.21. The Bertz CT molecular complexity index is 470. The van der Waals surface area contributed by atoms with Crippen molar-refractivity contribution in [3.05, 3.63) is 29.8 Å². The number of carbonyl (C=O) groups is 2. The van der Waals surface area contributed by atoms with Gasteiger partial charge in [-0.2, -0.15) is 0 Å². The first-order valence-electron chi connectivity index (χ1n) is 6.53. The predicted molar refractivity (Wildman–Crippen MR) is 73.4 cm³/mol. The number of rotatable bonds is 3. The highest BCUT2D eigenvalue weighted by Gasteiger charge is 2.31. The lowest BCUT2D eigenvalue weighted by Crippen LogP contribution is -2.57. The van der Waals surface area contributed by atoms with Gasteiger partial charge in [0, 0.05) is 18.8 Å². The summed E-state index contributed by atoms with van der Waals surface area (Å²) in [7, 11) is 0. The quantitative estimate of drug-likeness (QED) is 0.780. The molecule has 2 rings (SSSR count). The fourth-order valence-corrected chi connectivity index (χ4v) is 2.33. The summed E-state index contributed by atoms with van der Waals surface area (Å²) in [6.45, 7) is 3.03. The smallest absolute Gasteiger partial charge is 0.242 e. The maximum atomic E-state index is 12.3. The van der Waals surface area contributed by atoms with Gasteiger partial charge in [-0.1, -0.05) is 19.1 Å². The number of carbonyl (C=O) groups excluding carboxylic acids is 2. The highest BCUT2D eigenvalue weighted by Crippen LogP contribution is 2.12. The Labute approximate surface area is 112 Å². The predicted octanol–water partition coefficient (Wildman–Crippen LogP) is 0.548. The number of nitrogens with two attached hydrogens (primary N) is 1. The van der Waals surface area contributed by atoms with Crippen LogP contribution in [0, 0.1) is 0 Å². The average molecular weight is 261 g/mol. The summed E-state index contributed by atoms with van der Waals surface area (Å²) in [6, 6.07) is 6.91. The van der Waals surface area contributed by atoms with Gasteiger partial charge in [0.25, 0.3) is 0 Å². The Morgan fingerprint density at radius 3 is 2.74 bits per heavy atom. The van der Waals surface area contributed by atoms with Gasteiger partial charge < -0.3 is 16.0 Å². The molecular formula is C14H19N3O2. The highest BCUT2D eigenvalue weighted by molar-refractivity contribution is 5.89. The molecule has 0 saturated carbocycles. The zero-order valence-electron chi connectivity index (χ0n) is 11.1. The van der Waals surface area contributed by atoms with Gasteiger partial charge in [0.05, 0.1) is 6.42 Å². The van der Waals surface area contributed by atoms with Crippen molar-refractivity contribution in [2.45, 2.75) is 25.8 Å². The molecule has 1 aromatic rings. The summed E-state index contributed by atoms with van der Waals surface area (Å²) in [4.78, 5) is 25.7. The second-order valence-corrected chi connectivity index (χ2v) is 4.72. The van der Waals surface area contributed by atoms with E-state index >= 15 is 0 Å². The van der Waals surface area contributed by atoms with Crippen LogP contribution in [0.15, 0.2) is 24.3 Å². The molecule has 5 nitrogen and oxygen atoms in total. The summed E-state index contributed by atoms with van der Waals surface area (Å²) in [5.74, 6) is -0.0640. The minimum absolute atomic E-state index is 0.00790. The Kier molecular flexibility index (Phi) is 4.04. The molecule has 1 aliphatic heterocycles. The van der Waals surface area contributed by atoms with Crippen LogP contribution in [0.4, 0.5) is 5.69 Å². The largest absolute Gasteiger partial charge is 0.399 e. The summed E-state index contributed by atoms with van der Waals surface area (Å²) in [5, 5.41) is 2.79. The normalized spacial score (nSPS) is 19.1. The lowest BCUT2D eigenvalue weighted by atomic mass is 10.1. The summed E-state index contributed by atoms with van der Waals surface area (Å²) < 4.78 is 0. The fraction of sp³-hybridized carbons (Fsp3) is 0.429. The van der Waals surface area contributed by atoms with Crippen LogP contribution < -0.4 is 11.1 Å². The second kappa shape index (κ2) is 5.73. The van der Waals surface area contributed by atoms with Gasteiger partial charge in [0.15, 0.2) is 0 Å². The molecule has 1 aromatic carbocycles. The molecule has 102 valence electrons. The van der Waals surface area contributed by atoms with E-state index in [0.29, 0.717) is 31.6 Å². The lowest BCUT2D eigenvalue weighted by Gasteiger charge is -2.34. The number of anilines is 1. The third-order valence-electron chi connectivity index (χ3n) is 3.37. The first-order valence-corrected chi connectivity index (χ1v) is 6.53. The second-order valence-electron chi connectivity index (χ2n) is 4.72. The number of nitrogens with zero attached hydrogens (tertiary/aromatic N) is 1. The molecule has 19 heavy (non-hydrogen) atoms. The number of nitrogen functional groups attached to an aromatic ring is 1. The topological polar surface area (TPSA) is 75.4 Å². The van der Waals surface area contributed by atoms with Crippen LogP contribution in [0.3, 0.4) is 0 Å². The van der Waals surface area contributed by atoms with E-state index in [0.717, 1.165) is 5.56 Å². The van der Waals surface area contributed by atoms with Crippen molar-refractivity contribution in [1.82, 2.24) is 10.2 Å². The average Bonchev–Trinajstić information content (AvgIpc) is 2.41. The molecule has 1 atom stereocenters. The van der Waals surface area contributed by atoms with Gasteiger partial charge in [-0.3, -0.25) is 9.59 Å². The fourth-order valence-electron chi connectivity index (χ4n) is 2.33. The minimum Gasteiger partial charge on any atom is -0.399 e. The van der Waals surface area contributed by atoms with Crippen LogP contribution in [0.2, 0.25) is 0 Å². The summed E-state index contributed by atoms with van der Waals surface area (Å²) >= 11 is 0. The number of amides is 2. The van der Waals surface area contributed by atoms with Gasteiger partial charge in [-0.25, -0.2) is 0 Å². The van der Waals surface area contributed by atoms with Gasteiger partial charge in [-0.15, -0.1) is 0 Å². The molecule has 2 amide bonds. The van der Waals surface area contributed by atoms with Crippen molar-refractivity contribution in [2.75, 3.05) is 18.8 Å². The van der Waals surface area contributed by atoms with Crippen LogP contribution in [-0.2, 0) is 16.0 Å². The van der Waals surface area contributed by atoms with Crippen LogP contribution in [-0.4, -0.2) is 35.8 Å². The number of piperazine rings is 1. The van der Waals surface area contributed by atoms with Crippen LogP contribution in [0.25, 0.3) is 0 Å². The maximum Gasteiger partial charge on any atom is 0.242 e. The maximum absolute atomic E-state index is 12.3. The molecule has 0 bridgehead atoms.